The van der Waals surface area contributed by atoms with Crippen LogP contribution in [0.1, 0.15) is 15.2 Å². The van der Waals surface area contributed by atoms with Crippen LogP contribution in [0.5, 0.6) is 0 Å². The van der Waals surface area contributed by atoms with Crippen LogP contribution in [0.3, 0.4) is 0 Å². The van der Waals surface area contributed by atoms with Gasteiger partial charge in [-0.25, -0.2) is 5.43 Å². The molecule has 0 bridgehead atoms. The van der Waals surface area contributed by atoms with E-state index in [1.807, 2.05) is 6.07 Å². The lowest BCUT2D eigenvalue weighted by Gasteiger charge is -1.97. The quantitative estimate of drug-likeness (QED) is 0.685. The highest BCUT2D eigenvalue weighted by Crippen LogP contribution is 2.19. The Morgan fingerprint density at radius 1 is 1.35 bits per heavy atom. The van der Waals surface area contributed by atoms with Crippen molar-refractivity contribution in [3.8, 4) is 0 Å². The van der Waals surface area contributed by atoms with Gasteiger partial charge >= 0.3 is 0 Å². The molecule has 86 valence electrons. The van der Waals surface area contributed by atoms with E-state index in [-0.39, 0.29) is 5.91 Å². The zero-order valence-electron chi connectivity index (χ0n) is 8.63. The van der Waals surface area contributed by atoms with Crippen molar-refractivity contribution in [2.75, 3.05) is 0 Å². The molecule has 0 spiro atoms. The lowest BCUT2D eigenvalue weighted by molar-refractivity contribution is 0.0955. The van der Waals surface area contributed by atoms with E-state index in [4.69, 9.17) is 11.6 Å². The minimum Gasteiger partial charge on any atom is -0.267 e. The van der Waals surface area contributed by atoms with E-state index in [9.17, 15) is 4.79 Å². The van der Waals surface area contributed by atoms with Crippen LogP contribution in [0, 0.1) is 0 Å². The van der Waals surface area contributed by atoms with Gasteiger partial charge in [0.05, 0.1) is 10.6 Å². The van der Waals surface area contributed by atoms with Crippen LogP contribution >= 0.6 is 22.9 Å². The van der Waals surface area contributed by atoms with Gasteiger partial charge in [0, 0.05) is 22.8 Å². The predicted molar refractivity (Wildman–Crippen MR) is 68.6 cm³/mol. The smallest absolute Gasteiger partial charge is 0.267 e. The Morgan fingerprint density at radius 3 is 2.76 bits per heavy atom. The molecule has 2 aromatic rings. The zero-order valence-corrected chi connectivity index (χ0v) is 10.2. The van der Waals surface area contributed by atoms with Crippen molar-refractivity contribution in [1.29, 1.82) is 0 Å². The highest BCUT2D eigenvalue weighted by molar-refractivity contribution is 7.17. The highest BCUT2D eigenvalue weighted by Gasteiger charge is 2.02. The summed E-state index contributed by atoms with van der Waals surface area (Å²) in [4.78, 5) is 16.3. The number of rotatable bonds is 3. The number of hydrogen-bond acceptors (Lipinski definition) is 4. The number of pyridine rings is 1. The average molecular weight is 266 g/mol. The molecule has 0 radical (unpaired) electrons. The summed E-state index contributed by atoms with van der Waals surface area (Å²) in [5.74, 6) is -0.272. The molecule has 0 saturated heterocycles. The fraction of sp³-hybridized carbons (Fsp3) is 0. The summed E-state index contributed by atoms with van der Waals surface area (Å²) in [6.45, 7) is 0. The van der Waals surface area contributed by atoms with E-state index in [0.29, 0.717) is 9.90 Å². The van der Waals surface area contributed by atoms with E-state index in [0.717, 1.165) is 4.88 Å². The van der Waals surface area contributed by atoms with Crippen molar-refractivity contribution in [3.05, 3.63) is 51.4 Å². The maximum Gasteiger partial charge on any atom is 0.271 e. The monoisotopic (exact) mass is 265 g/mol. The van der Waals surface area contributed by atoms with Gasteiger partial charge in [0.25, 0.3) is 5.91 Å². The summed E-state index contributed by atoms with van der Waals surface area (Å²) < 4.78 is 0.687. The minimum absolute atomic E-state index is 0.272. The third-order valence-corrected chi connectivity index (χ3v) is 3.06. The fourth-order valence-electron chi connectivity index (χ4n) is 1.12. The first-order valence-electron chi connectivity index (χ1n) is 4.74. The molecular formula is C11H8ClN3OS. The molecule has 2 heterocycles. The lowest BCUT2D eigenvalue weighted by Crippen LogP contribution is -2.17. The Morgan fingerprint density at radius 2 is 2.12 bits per heavy atom. The SMILES string of the molecule is O=C(N/N=C/c1ccc(Cl)s1)c1ccncc1. The molecular weight excluding hydrogens is 258 g/mol. The molecule has 4 nitrogen and oxygen atoms in total. The molecule has 0 aliphatic heterocycles. The Bertz CT molecular complexity index is 539. The number of halogens is 1. The molecule has 0 aromatic carbocycles. The van der Waals surface area contributed by atoms with Crippen molar-refractivity contribution in [3.63, 3.8) is 0 Å². The molecule has 0 unspecified atom stereocenters. The maximum absolute atomic E-state index is 11.6. The van der Waals surface area contributed by atoms with E-state index in [1.54, 1.807) is 36.8 Å². The van der Waals surface area contributed by atoms with Crippen LogP contribution in [0.2, 0.25) is 4.34 Å². The van der Waals surface area contributed by atoms with Crippen molar-refractivity contribution in [2.24, 2.45) is 5.10 Å². The summed E-state index contributed by atoms with van der Waals surface area (Å²) >= 11 is 7.15. The molecule has 2 aromatic heterocycles. The topological polar surface area (TPSA) is 54.4 Å². The Labute approximate surface area is 107 Å². The van der Waals surface area contributed by atoms with Crippen LogP contribution in [0.4, 0.5) is 0 Å². The molecule has 0 saturated carbocycles. The molecule has 0 aliphatic rings. The van der Waals surface area contributed by atoms with Gasteiger partial charge in [0.15, 0.2) is 0 Å². The predicted octanol–water partition coefficient (Wildman–Crippen LogP) is 2.56. The summed E-state index contributed by atoms with van der Waals surface area (Å²) in [7, 11) is 0. The molecule has 0 aliphatic carbocycles. The van der Waals surface area contributed by atoms with Gasteiger partial charge in [-0.3, -0.25) is 9.78 Å². The van der Waals surface area contributed by atoms with Gasteiger partial charge in [-0.15, -0.1) is 11.3 Å². The molecule has 1 amide bonds. The molecule has 0 fully saturated rings. The Balaban J connectivity index is 1.95. The molecule has 0 atom stereocenters. The van der Waals surface area contributed by atoms with E-state index in [2.05, 4.69) is 15.5 Å². The first-order valence-corrected chi connectivity index (χ1v) is 5.94. The number of carbonyl (C=O) groups is 1. The molecule has 1 N–H and O–H groups in total. The number of hydrazone groups is 1. The number of nitrogens with zero attached hydrogens (tertiary/aromatic N) is 2. The number of carbonyl (C=O) groups excluding carboxylic acids is 1. The third-order valence-electron chi connectivity index (χ3n) is 1.89. The number of hydrogen-bond donors (Lipinski definition) is 1. The van der Waals surface area contributed by atoms with Crippen LogP contribution in [-0.4, -0.2) is 17.1 Å². The summed E-state index contributed by atoms with van der Waals surface area (Å²) in [6.07, 6.45) is 4.66. The lowest BCUT2D eigenvalue weighted by atomic mass is 10.3. The second-order valence-electron chi connectivity index (χ2n) is 3.08. The van der Waals surface area contributed by atoms with Crippen molar-refractivity contribution < 1.29 is 4.79 Å². The third kappa shape index (κ3) is 3.37. The number of aromatic nitrogens is 1. The summed E-state index contributed by atoms with van der Waals surface area (Å²) in [6, 6.07) is 6.84. The van der Waals surface area contributed by atoms with Gasteiger partial charge in [-0.05, 0) is 24.3 Å². The number of nitrogens with one attached hydrogen (secondary N) is 1. The van der Waals surface area contributed by atoms with Gasteiger partial charge < -0.3 is 0 Å². The molecule has 17 heavy (non-hydrogen) atoms. The zero-order chi connectivity index (χ0) is 12.1. The largest absolute Gasteiger partial charge is 0.271 e. The van der Waals surface area contributed by atoms with Gasteiger partial charge in [-0.1, -0.05) is 11.6 Å². The van der Waals surface area contributed by atoms with Crippen LogP contribution in [0.15, 0.2) is 41.8 Å². The normalized spacial score (nSPS) is 10.6. The van der Waals surface area contributed by atoms with E-state index < -0.39 is 0 Å². The standard InChI is InChI=1S/C11H8ClN3OS/c12-10-2-1-9(17-10)7-14-15-11(16)8-3-5-13-6-4-8/h1-7H,(H,15,16)/b14-7+. The molecule has 2 rings (SSSR count). The molecule has 6 heteroatoms. The van der Waals surface area contributed by atoms with Crippen LogP contribution in [0.25, 0.3) is 0 Å². The average Bonchev–Trinajstić information content (AvgIpc) is 2.76. The van der Waals surface area contributed by atoms with Crippen LogP contribution in [-0.2, 0) is 0 Å². The second-order valence-corrected chi connectivity index (χ2v) is 4.82. The number of amides is 1. The Hall–Kier alpha value is -1.72. The number of thiophene rings is 1. The van der Waals surface area contributed by atoms with Gasteiger partial charge in [-0.2, -0.15) is 5.10 Å². The highest BCUT2D eigenvalue weighted by atomic mass is 35.5. The van der Waals surface area contributed by atoms with Gasteiger partial charge in [0.2, 0.25) is 0 Å². The van der Waals surface area contributed by atoms with Gasteiger partial charge in [0.1, 0.15) is 0 Å². The van der Waals surface area contributed by atoms with Crippen molar-refractivity contribution in [1.82, 2.24) is 10.4 Å². The van der Waals surface area contributed by atoms with E-state index >= 15 is 0 Å². The van der Waals surface area contributed by atoms with E-state index in [1.165, 1.54) is 11.3 Å². The first-order chi connectivity index (χ1) is 8.25. The van der Waals surface area contributed by atoms with Crippen molar-refractivity contribution in [2.45, 2.75) is 0 Å². The summed E-state index contributed by atoms with van der Waals surface area (Å²) in [5.41, 5.74) is 2.94. The maximum atomic E-state index is 11.6. The summed E-state index contributed by atoms with van der Waals surface area (Å²) in [5, 5.41) is 3.84. The fourth-order valence-corrected chi connectivity index (χ4v) is 2.05. The Kier molecular flexibility index (Phi) is 3.85. The van der Waals surface area contributed by atoms with Crippen LogP contribution < -0.4 is 5.43 Å². The van der Waals surface area contributed by atoms with Crippen molar-refractivity contribution >= 4 is 35.1 Å². The minimum atomic E-state index is -0.272. The first kappa shape index (κ1) is 11.8. The second kappa shape index (κ2) is 5.56.